The molecule has 1 aromatic carbocycles. The van der Waals surface area contributed by atoms with Crippen LogP contribution in [0.3, 0.4) is 0 Å². The number of nitrogens with zero attached hydrogens (tertiary/aromatic N) is 2. The van der Waals surface area contributed by atoms with Crippen molar-refractivity contribution in [1.82, 2.24) is 9.97 Å². The Morgan fingerprint density at radius 2 is 2.00 bits per heavy atom. The average molecular weight is 281 g/mol. The lowest BCUT2D eigenvalue weighted by molar-refractivity contribution is 0.629. The molecule has 0 aliphatic rings. The van der Waals surface area contributed by atoms with Crippen molar-refractivity contribution in [2.75, 3.05) is 17.2 Å². The van der Waals surface area contributed by atoms with E-state index >= 15 is 0 Å². The van der Waals surface area contributed by atoms with E-state index in [9.17, 15) is 4.39 Å². The van der Waals surface area contributed by atoms with Gasteiger partial charge < -0.3 is 10.6 Å². The summed E-state index contributed by atoms with van der Waals surface area (Å²) in [6.45, 7) is 2.91. The number of rotatable bonds is 5. The van der Waals surface area contributed by atoms with Crippen LogP contribution in [0, 0.1) is 5.82 Å². The number of nitrogens with one attached hydrogen (secondary N) is 2. The highest BCUT2D eigenvalue weighted by molar-refractivity contribution is 6.30. The van der Waals surface area contributed by atoms with Crippen LogP contribution in [0.15, 0.2) is 30.6 Å². The van der Waals surface area contributed by atoms with Crippen molar-refractivity contribution in [3.05, 3.63) is 41.4 Å². The Labute approximate surface area is 116 Å². The average Bonchev–Trinajstić information content (AvgIpc) is 2.41. The summed E-state index contributed by atoms with van der Waals surface area (Å²) < 4.78 is 13.3. The maximum atomic E-state index is 13.3. The molecule has 0 radical (unpaired) electrons. The molecule has 0 saturated heterocycles. The van der Waals surface area contributed by atoms with E-state index in [1.165, 1.54) is 18.5 Å². The number of hydrogen-bond donors (Lipinski definition) is 2. The minimum Gasteiger partial charge on any atom is -0.370 e. The molecule has 2 rings (SSSR count). The van der Waals surface area contributed by atoms with Crippen molar-refractivity contribution in [3.8, 4) is 0 Å². The Kier molecular flexibility index (Phi) is 4.52. The van der Waals surface area contributed by atoms with Gasteiger partial charge in [0.1, 0.15) is 23.8 Å². The van der Waals surface area contributed by atoms with Gasteiger partial charge in [-0.15, -0.1) is 0 Å². The number of anilines is 3. The second kappa shape index (κ2) is 6.33. The summed E-state index contributed by atoms with van der Waals surface area (Å²) in [4.78, 5) is 8.17. The van der Waals surface area contributed by atoms with Crippen LogP contribution in [-0.4, -0.2) is 16.5 Å². The Morgan fingerprint density at radius 3 is 2.74 bits per heavy atom. The van der Waals surface area contributed by atoms with Gasteiger partial charge >= 0.3 is 0 Å². The number of benzene rings is 1. The highest BCUT2D eigenvalue weighted by atomic mass is 35.5. The summed E-state index contributed by atoms with van der Waals surface area (Å²) in [5.41, 5.74) is 0.585. The van der Waals surface area contributed by atoms with Crippen molar-refractivity contribution in [3.63, 3.8) is 0 Å². The van der Waals surface area contributed by atoms with Crippen molar-refractivity contribution in [1.29, 1.82) is 0 Å². The molecule has 19 heavy (non-hydrogen) atoms. The van der Waals surface area contributed by atoms with Crippen LogP contribution in [0.4, 0.5) is 21.7 Å². The zero-order valence-corrected chi connectivity index (χ0v) is 11.2. The first-order valence-electron chi connectivity index (χ1n) is 5.97. The third-order valence-corrected chi connectivity index (χ3v) is 2.72. The minimum atomic E-state index is -0.468. The van der Waals surface area contributed by atoms with E-state index in [0.29, 0.717) is 11.5 Å². The molecule has 1 aromatic heterocycles. The van der Waals surface area contributed by atoms with E-state index in [4.69, 9.17) is 11.6 Å². The molecule has 2 N–H and O–H groups in total. The maximum Gasteiger partial charge on any atom is 0.143 e. The quantitative estimate of drug-likeness (QED) is 0.874. The molecule has 100 valence electrons. The van der Waals surface area contributed by atoms with Crippen molar-refractivity contribution >= 4 is 28.9 Å². The molecule has 0 aliphatic heterocycles. The summed E-state index contributed by atoms with van der Waals surface area (Å²) in [6, 6.07) is 6.27. The molecule has 0 amide bonds. The van der Waals surface area contributed by atoms with Crippen LogP contribution in [0.5, 0.6) is 0 Å². The van der Waals surface area contributed by atoms with Gasteiger partial charge in [-0.25, -0.2) is 14.4 Å². The van der Waals surface area contributed by atoms with Crippen LogP contribution in [0.25, 0.3) is 0 Å². The van der Waals surface area contributed by atoms with Gasteiger partial charge in [0.2, 0.25) is 0 Å². The standard InChI is InChI=1S/C13H14ClFN4/c1-2-5-16-12-7-13(18-8-17-12)19-9-3-4-10(14)11(15)6-9/h3-4,6-8H,2,5H2,1H3,(H2,16,17,18,19). The lowest BCUT2D eigenvalue weighted by Crippen LogP contribution is -2.03. The molecule has 6 heteroatoms. The highest BCUT2D eigenvalue weighted by Gasteiger charge is 2.03. The molecular formula is C13H14ClFN4. The summed E-state index contributed by atoms with van der Waals surface area (Å²) in [7, 11) is 0. The summed E-state index contributed by atoms with van der Waals surface area (Å²) >= 11 is 5.63. The molecule has 0 atom stereocenters. The highest BCUT2D eigenvalue weighted by Crippen LogP contribution is 2.21. The third-order valence-electron chi connectivity index (χ3n) is 2.42. The Bertz CT molecular complexity index is 562. The number of hydrogen-bond acceptors (Lipinski definition) is 4. The van der Waals surface area contributed by atoms with Crippen molar-refractivity contribution in [2.24, 2.45) is 0 Å². The first-order valence-corrected chi connectivity index (χ1v) is 6.35. The Balaban J connectivity index is 2.11. The third kappa shape index (κ3) is 3.79. The van der Waals surface area contributed by atoms with E-state index in [2.05, 4.69) is 27.5 Å². The van der Waals surface area contributed by atoms with Crippen molar-refractivity contribution in [2.45, 2.75) is 13.3 Å². The van der Waals surface area contributed by atoms with E-state index in [-0.39, 0.29) is 5.02 Å². The van der Waals surface area contributed by atoms with E-state index < -0.39 is 5.82 Å². The number of aromatic nitrogens is 2. The van der Waals surface area contributed by atoms with Gasteiger partial charge in [0, 0.05) is 18.3 Å². The van der Waals surface area contributed by atoms with Crippen LogP contribution >= 0.6 is 11.6 Å². The predicted molar refractivity (Wildman–Crippen MR) is 75.5 cm³/mol. The largest absolute Gasteiger partial charge is 0.370 e. The van der Waals surface area contributed by atoms with Gasteiger partial charge in [-0.05, 0) is 24.6 Å². The summed E-state index contributed by atoms with van der Waals surface area (Å²) in [6.07, 6.45) is 2.46. The summed E-state index contributed by atoms with van der Waals surface area (Å²) in [5.74, 6) is 0.856. The SMILES string of the molecule is CCCNc1cc(Nc2ccc(Cl)c(F)c2)ncn1. The van der Waals surface area contributed by atoms with E-state index in [1.807, 2.05) is 0 Å². The number of halogens is 2. The molecule has 4 nitrogen and oxygen atoms in total. The summed E-state index contributed by atoms with van der Waals surface area (Å²) in [5, 5.41) is 6.25. The van der Waals surface area contributed by atoms with Crippen LogP contribution in [0.2, 0.25) is 5.02 Å². The van der Waals surface area contributed by atoms with Gasteiger partial charge in [-0.3, -0.25) is 0 Å². The Morgan fingerprint density at radius 1 is 1.21 bits per heavy atom. The fraction of sp³-hybridized carbons (Fsp3) is 0.231. The topological polar surface area (TPSA) is 49.8 Å². The van der Waals surface area contributed by atoms with Gasteiger partial charge in [0.15, 0.2) is 0 Å². The second-order valence-corrected chi connectivity index (χ2v) is 4.38. The van der Waals surface area contributed by atoms with Gasteiger partial charge in [-0.1, -0.05) is 18.5 Å². The molecule has 0 unspecified atom stereocenters. The first-order chi connectivity index (χ1) is 9.19. The lowest BCUT2D eigenvalue weighted by Gasteiger charge is -2.08. The van der Waals surface area contributed by atoms with Crippen LogP contribution in [-0.2, 0) is 0 Å². The monoisotopic (exact) mass is 280 g/mol. The zero-order valence-electron chi connectivity index (χ0n) is 10.5. The van der Waals surface area contributed by atoms with E-state index in [0.717, 1.165) is 18.8 Å². The van der Waals surface area contributed by atoms with Gasteiger partial charge in [0.25, 0.3) is 0 Å². The predicted octanol–water partition coefficient (Wildman–Crippen LogP) is 3.83. The normalized spacial score (nSPS) is 10.3. The molecule has 0 bridgehead atoms. The molecule has 2 aromatic rings. The Hall–Kier alpha value is -1.88. The zero-order chi connectivity index (χ0) is 13.7. The second-order valence-electron chi connectivity index (χ2n) is 3.97. The smallest absolute Gasteiger partial charge is 0.143 e. The first kappa shape index (κ1) is 13.5. The molecular weight excluding hydrogens is 267 g/mol. The van der Waals surface area contributed by atoms with Gasteiger partial charge in [0.05, 0.1) is 5.02 Å². The lowest BCUT2D eigenvalue weighted by atomic mass is 10.3. The molecule has 0 fully saturated rings. The molecule has 1 heterocycles. The van der Waals surface area contributed by atoms with Gasteiger partial charge in [-0.2, -0.15) is 0 Å². The fourth-order valence-corrected chi connectivity index (χ4v) is 1.61. The fourth-order valence-electron chi connectivity index (χ4n) is 1.50. The molecule has 0 spiro atoms. The van der Waals surface area contributed by atoms with Crippen LogP contribution in [0.1, 0.15) is 13.3 Å². The minimum absolute atomic E-state index is 0.0959. The van der Waals surface area contributed by atoms with E-state index in [1.54, 1.807) is 12.1 Å². The molecule has 0 aliphatic carbocycles. The maximum absolute atomic E-state index is 13.3. The van der Waals surface area contributed by atoms with Crippen molar-refractivity contribution < 1.29 is 4.39 Å². The molecule has 0 saturated carbocycles. The van der Waals surface area contributed by atoms with Crippen LogP contribution < -0.4 is 10.6 Å².